The number of guanidine groups is 1. The summed E-state index contributed by atoms with van der Waals surface area (Å²) in [7, 11) is 2.15. The van der Waals surface area contributed by atoms with E-state index in [0.29, 0.717) is 13.1 Å². The lowest BCUT2D eigenvalue weighted by Crippen LogP contribution is -2.44. The van der Waals surface area contributed by atoms with Crippen molar-refractivity contribution < 1.29 is 4.39 Å². The first kappa shape index (κ1) is 26.3. The Morgan fingerprint density at radius 1 is 1.12 bits per heavy atom. The average molecular weight is 554 g/mol. The second-order valence-electron chi connectivity index (χ2n) is 8.76. The predicted molar refractivity (Wildman–Crippen MR) is 142 cm³/mol. The maximum atomic E-state index is 13.6. The highest BCUT2D eigenvalue weighted by molar-refractivity contribution is 14.0. The lowest BCUT2D eigenvalue weighted by Gasteiger charge is -2.33. The van der Waals surface area contributed by atoms with Crippen molar-refractivity contribution in [2.24, 2.45) is 4.99 Å². The van der Waals surface area contributed by atoms with Crippen molar-refractivity contribution in [3.63, 3.8) is 0 Å². The standard InChI is InChI=1S/C24H35FN6.HI/c1-5-26-23(29-18-24(2,3)20-7-6-8-21(25)16-20)28-17-19-9-10-27-22(15-19)31-13-11-30(4)12-14-31;/h6-10,15-16H,5,11-14,17-18H2,1-4H3,(H2,26,28,29);1H. The van der Waals surface area contributed by atoms with E-state index in [2.05, 4.69) is 52.4 Å². The fourth-order valence-corrected chi connectivity index (χ4v) is 3.60. The predicted octanol–water partition coefficient (Wildman–Crippen LogP) is 3.62. The van der Waals surface area contributed by atoms with Crippen LogP contribution in [0.4, 0.5) is 10.2 Å². The fourth-order valence-electron chi connectivity index (χ4n) is 3.60. The molecule has 0 amide bonds. The zero-order chi connectivity index (χ0) is 22.3. The van der Waals surface area contributed by atoms with E-state index in [0.717, 1.165) is 55.6 Å². The molecule has 2 heterocycles. The minimum atomic E-state index is -0.233. The Kier molecular flexibility index (Phi) is 10.1. The molecule has 0 spiro atoms. The molecule has 0 radical (unpaired) electrons. The smallest absolute Gasteiger partial charge is 0.191 e. The van der Waals surface area contributed by atoms with Crippen LogP contribution in [0.3, 0.4) is 0 Å². The molecular formula is C24H36FIN6. The number of hydrogen-bond donors (Lipinski definition) is 2. The van der Waals surface area contributed by atoms with Gasteiger partial charge in [0.1, 0.15) is 11.6 Å². The normalized spacial score (nSPS) is 15.3. The first-order chi connectivity index (χ1) is 14.9. The van der Waals surface area contributed by atoms with Crippen LogP contribution in [0.1, 0.15) is 31.9 Å². The molecule has 32 heavy (non-hydrogen) atoms. The van der Waals surface area contributed by atoms with Crippen LogP contribution in [-0.4, -0.2) is 62.2 Å². The van der Waals surface area contributed by atoms with Crippen LogP contribution in [0.2, 0.25) is 0 Å². The molecule has 1 saturated heterocycles. The molecule has 1 aliphatic rings. The Morgan fingerprint density at radius 2 is 1.88 bits per heavy atom. The molecule has 2 aromatic rings. The summed E-state index contributed by atoms with van der Waals surface area (Å²) >= 11 is 0. The van der Waals surface area contributed by atoms with Gasteiger partial charge < -0.3 is 20.4 Å². The van der Waals surface area contributed by atoms with Crippen molar-refractivity contribution in [2.45, 2.75) is 32.7 Å². The number of piperazine rings is 1. The van der Waals surface area contributed by atoms with Crippen LogP contribution in [0.5, 0.6) is 0 Å². The van der Waals surface area contributed by atoms with Gasteiger partial charge in [0.2, 0.25) is 0 Å². The molecule has 8 heteroatoms. The number of benzene rings is 1. The zero-order valence-corrected chi connectivity index (χ0v) is 21.9. The summed E-state index contributed by atoms with van der Waals surface area (Å²) in [6.45, 7) is 12.3. The highest BCUT2D eigenvalue weighted by atomic mass is 127. The van der Waals surface area contributed by atoms with Gasteiger partial charge in [-0.1, -0.05) is 26.0 Å². The van der Waals surface area contributed by atoms with Crippen molar-refractivity contribution in [1.29, 1.82) is 0 Å². The number of rotatable bonds is 7. The van der Waals surface area contributed by atoms with Crippen LogP contribution in [0.15, 0.2) is 47.6 Å². The number of aliphatic imine (C=N–C) groups is 1. The quantitative estimate of drug-likeness (QED) is 0.311. The van der Waals surface area contributed by atoms with Crippen LogP contribution in [0, 0.1) is 5.82 Å². The number of aromatic nitrogens is 1. The van der Waals surface area contributed by atoms with Crippen molar-refractivity contribution in [2.75, 3.05) is 51.2 Å². The van der Waals surface area contributed by atoms with E-state index in [4.69, 9.17) is 4.99 Å². The Hall–Kier alpha value is -1.94. The molecule has 0 aliphatic carbocycles. The summed E-state index contributed by atoms with van der Waals surface area (Å²) in [4.78, 5) is 14.0. The fraction of sp³-hybridized carbons (Fsp3) is 0.500. The molecule has 1 fully saturated rings. The highest BCUT2D eigenvalue weighted by Crippen LogP contribution is 2.23. The van der Waals surface area contributed by atoms with Crippen molar-refractivity contribution in [3.05, 3.63) is 59.5 Å². The van der Waals surface area contributed by atoms with Crippen LogP contribution < -0.4 is 15.5 Å². The third-order valence-corrected chi connectivity index (χ3v) is 5.71. The maximum Gasteiger partial charge on any atom is 0.191 e. The summed E-state index contributed by atoms with van der Waals surface area (Å²) < 4.78 is 13.6. The largest absolute Gasteiger partial charge is 0.357 e. The molecule has 3 rings (SSSR count). The zero-order valence-electron chi connectivity index (χ0n) is 19.6. The number of halogens is 2. The lowest BCUT2D eigenvalue weighted by molar-refractivity contribution is 0.312. The summed E-state index contributed by atoms with van der Waals surface area (Å²) in [5.41, 5.74) is 1.86. The van der Waals surface area contributed by atoms with E-state index in [9.17, 15) is 4.39 Å². The first-order valence-corrected chi connectivity index (χ1v) is 11.0. The molecule has 2 N–H and O–H groups in total. The van der Waals surface area contributed by atoms with Gasteiger partial charge in [0.15, 0.2) is 5.96 Å². The number of likely N-dealkylation sites (N-methyl/N-ethyl adjacent to an activating group) is 1. The van der Waals surface area contributed by atoms with Crippen molar-refractivity contribution in [1.82, 2.24) is 20.5 Å². The molecule has 1 aromatic heterocycles. The topological polar surface area (TPSA) is 55.8 Å². The van der Waals surface area contributed by atoms with Gasteiger partial charge in [0, 0.05) is 50.9 Å². The summed E-state index contributed by atoms with van der Waals surface area (Å²) in [5, 5.41) is 6.72. The van der Waals surface area contributed by atoms with Gasteiger partial charge in [0.25, 0.3) is 0 Å². The first-order valence-electron chi connectivity index (χ1n) is 11.0. The van der Waals surface area contributed by atoms with Gasteiger partial charge >= 0.3 is 0 Å². The SMILES string of the molecule is CCNC(=NCc1ccnc(N2CCN(C)CC2)c1)NCC(C)(C)c1cccc(F)c1.I. The van der Waals surface area contributed by atoms with Crippen LogP contribution in [-0.2, 0) is 12.0 Å². The van der Waals surface area contributed by atoms with E-state index in [1.165, 1.54) is 6.07 Å². The summed E-state index contributed by atoms with van der Waals surface area (Å²) in [6.07, 6.45) is 1.87. The monoisotopic (exact) mass is 554 g/mol. The van der Waals surface area contributed by atoms with Gasteiger partial charge in [-0.3, -0.25) is 0 Å². The Balaban J connectivity index is 0.00000363. The molecule has 0 unspecified atom stereocenters. The minimum Gasteiger partial charge on any atom is -0.357 e. The van der Waals surface area contributed by atoms with Gasteiger partial charge in [-0.05, 0) is 49.4 Å². The summed E-state index contributed by atoms with van der Waals surface area (Å²) in [6, 6.07) is 10.9. The van der Waals surface area contributed by atoms with E-state index in [-0.39, 0.29) is 35.2 Å². The molecule has 0 saturated carbocycles. The van der Waals surface area contributed by atoms with Gasteiger partial charge in [0.05, 0.1) is 6.54 Å². The molecular weight excluding hydrogens is 518 g/mol. The average Bonchev–Trinajstić information content (AvgIpc) is 2.76. The summed E-state index contributed by atoms with van der Waals surface area (Å²) in [5.74, 6) is 1.57. The molecule has 1 aromatic carbocycles. The third-order valence-electron chi connectivity index (χ3n) is 5.71. The highest BCUT2D eigenvalue weighted by Gasteiger charge is 2.21. The minimum absolute atomic E-state index is 0. The Morgan fingerprint density at radius 3 is 2.56 bits per heavy atom. The van der Waals surface area contributed by atoms with Gasteiger partial charge in [-0.2, -0.15) is 0 Å². The second-order valence-corrected chi connectivity index (χ2v) is 8.76. The lowest BCUT2D eigenvalue weighted by atomic mass is 9.84. The molecule has 6 nitrogen and oxygen atoms in total. The Bertz CT molecular complexity index is 880. The molecule has 176 valence electrons. The number of anilines is 1. The van der Waals surface area contributed by atoms with E-state index < -0.39 is 0 Å². The maximum absolute atomic E-state index is 13.6. The Labute approximate surface area is 208 Å². The van der Waals surface area contributed by atoms with Crippen molar-refractivity contribution in [3.8, 4) is 0 Å². The van der Waals surface area contributed by atoms with Crippen molar-refractivity contribution >= 4 is 35.8 Å². The van der Waals surface area contributed by atoms with Crippen LogP contribution >= 0.6 is 24.0 Å². The number of nitrogens with zero attached hydrogens (tertiary/aromatic N) is 4. The third kappa shape index (κ3) is 7.58. The number of nitrogens with one attached hydrogen (secondary N) is 2. The second kappa shape index (κ2) is 12.3. The van der Waals surface area contributed by atoms with E-state index >= 15 is 0 Å². The molecule has 0 bridgehead atoms. The number of pyridine rings is 1. The molecule has 1 aliphatic heterocycles. The van der Waals surface area contributed by atoms with E-state index in [1.807, 2.05) is 25.3 Å². The van der Waals surface area contributed by atoms with Gasteiger partial charge in [-0.15, -0.1) is 24.0 Å². The van der Waals surface area contributed by atoms with E-state index in [1.54, 1.807) is 12.1 Å². The van der Waals surface area contributed by atoms with Gasteiger partial charge in [-0.25, -0.2) is 14.4 Å². The molecule has 0 atom stereocenters. The van der Waals surface area contributed by atoms with Crippen LogP contribution in [0.25, 0.3) is 0 Å². The number of hydrogen-bond acceptors (Lipinski definition) is 4.